The fourth-order valence-electron chi connectivity index (χ4n) is 8.26. The van der Waals surface area contributed by atoms with Crippen LogP contribution < -0.4 is 0 Å². The summed E-state index contributed by atoms with van der Waals surface area (Å²) in [6, 6.07) is 72.8. The van der Waals surface area contributed by atoms with Crippen LogP contribution in [0, 0.1) is 0 Å². The third-order valence-corrected chi connectivity index (χ3v) is 11.1. The number of aromatic nitrogens is 4. The van der Waals surface area contributed by atoms with Gasteiger partial charge in [-0.15, -0.1) is 0 Å². The van der Waals surface area contributed by atoms with E-state index in [0.717, 1.165) is 39.1 Å². The molecule has 0 aliphatic rings. The van der Waals surface area contributed by atoms with E-state index in [0.29, 0.717) is 17.5 Å². The second-order valence-electron chi connectivity index (χ2n) is 14.4. The third kappa shape index (κ3) is 5.74. The van der Waals surface area contributed by atoms with Crippen molar-refractivity contribution in [1.82, 2.24) is 19.5 Å². The van der Waals surface area contributed by atoms with E-state index >= 15 is 0 Å². The molecule has 57 heavy (non-hydrogen) atoms. The number of benzene rings is 9. The molecule has 0 saturated heterocycles. The summed E-state index contributed by atoms with van der Waals surface area (Å²) in [6.07, 6.45) is 0. The van der Waals surface area contributed by atoms with Gasteiger partial charge < -0.3 is 4.57 Å². The molecule has 0 bridgehead atoms. The second kappa shape index (κ2) is 13.6. The molecule has 11 rings (SSSR count). The van der Waals surface area contributed by atoms with Gasteiger partial charge in [-0.25, -0.2) is 15.0 Å². The van der Waals surface area contributed by atoms with Gasteiger partial charge in [0.05, 0.1) is 11.0 Å². The number of hydrogen-bond acceptors (Lipinski definition) is 3. The topological polar surface area (TPSA) is 43.6 Å². The molecule has 266 valence electrons. The van der Waals surface area contributed by atoms with E-state index in [1.165, 1.54) is 48.9 Å². The quantitative estimate of drug-likeness (QED) is 0.171. The SMILES string of the molecule is c1ccc(-c2nc(-c3ccc(-c4ccc(-n5c6ccccc6c6c7ccccc7ccc65)cc4)cc3)nc(-c3ccc(-c4cccc5ccccc45)cc3)n2)cc1. The molecule has 0 saturated carbocycles. The Balaban J connectivity index is 0.932. The lowest BCUT2D eigenvalue weighted by Crippen LogP contribution is -2.00. The minimum absolute atomic E-state index is 0.637. The van der Waals surface area contributed by atoms with Crippen LogP contribution in [0.3, 0.4) is 0 Å². The molecule has 0 fully saturated rings. The fourth-order valence-corrected chi connectivity index (χ4v) is 8.26. The Morgan fingerprint density at radius 2 is 0.754 bits per heavy atom. The molecule has 2 heterocycles. The first kappa shape index (κ1) is 32.7. The summed E-state index contributed by atoms with van der Waals surface area (Å²) in [5, 5.41) is 7.54. The van der Waals surface area contributed by atoms with Gasteiger partial charge in [0.25, 0.3) is 0 Å². The molecule has 0 spiro atoms. The van der Waals surface area contributed by atoms with Gasteiger partial charge in [-0.2, -0.15) is 0 Å². The van der Waals surface area contributed by atoms with Crippen LogP contribution in [0.5, 0.6) is 0 Å². The van der Waals surface area contributed by atoms with E-state index in [1.807, 2.05) is 30.3 Å². The highest BCUT2D eigenvalue weighted by Gasteiger charge is 2.16. The Kier molecular flexibility index (Phi) is 7.78. The van der Waals surface area contributed by atoms with Crippen LogP contribution in [0.2, 0.25) is 0 Å². The van der Waals surface area contributed by atoms with Gasteiger partial charge >= 0.3 is 0 Å². The Morgan fingerprint density at radius 1 is 0.281 bits per heavy atom. The fraction of sp³-hybridized carbons (Fsp3) is 0. The Bertz CT molecular complexity index is 3250. The van der Waals surface area contributed by atoms with Crippen LogP contribution >= 0.6 is 0 Å². The maximum atomic E-state index is 5.04. The molecule has 0 N–H and O–H groups in total. The smallest absolute Gasteiger partial charge is 0.164 e. The highest BCUT2D eigenvalue weighted by Crippen LogP contribution is 2.37. The van der Waals surface area contributed by atoms with Crippen LogP contribution in [0.15, 0.2) is 206 Å². The van der Waals surface area contributed by atoms with Gasteiger partial charge in [-0.05, 0) is 68.1 Å². The van der Waals surface area contributed by atoms with E-state index in [4.69, 9.17) is 15.0 Å². The summed E-state index contributed by atoms with van der Waals surface area (Å²) in [4.78, 5) is 15.0. The molecule has 0 aliphatic heterocycles. The van der Waals surface area contributed by atoms with Crippen molar-refractivity contribution in [3.8, 4) is 62.1 Å². The predicted octanol–water partition coefficient (Wildman–Crippen LogP) is 13.6. The minimum atomic E-state index is 0.637. The zero-order valence-corrected chi connectivity index (χ0v) is 30.9. The van der Waals surface area contributed by atoms with E-state index < -0.39 is 0 Å². The lowest BCUT2D eigenvalue weighted by molar-refractivity contribution is 1.07. The van der Waals surface area contributed by atoms with Crippen molar-refractivity contribution in [3.63, 3.8) is 0 Å². The summed E-state index contributed by atoms with van der Waals surface area (Å²) < 4.78 is 2.38. The van der Waals surface area contributed by atoms with Crippen LogP contribution in [0.25, 0.3) is 105 Å². The number of para-hydroxylation sites is 1. The molecule has 9 aromatic carbocycles. The van der Waals surface area contributed by atoms with Crippen molar-refractivity contribution in [2.45, 2.75) is 0 Å². The van der Waals surface area contributed by atoms with Gasteiger partial charge in [-0.1, -0.05) is 182 Å². The first-order chi connectivity index (χ1) is 28.2. The van der Waals surface area contributed by atoms with E-state index in [1.54, 1.807) is 0 Å². The summed E-state index contributed by atoms with van der Waals surface area (Å²) in [6.45, 7) is 0. The normalized spacial score (nSPS) is 11.5. The van der Waals surface area contributed by atoms with Gasteiger partial charge in [0, 0.05) is 33.2 Å². The standard InChI is InChI=1S/C53H34N4/c1-2-13-40(14-3-1)51-54-52(56-53(55-51)42-27-23-39(24-28-42)45-19-10-15-37-11-4-6-16-44(37)45)41-25-21-35(22-26-41)36-29-32-43(33-30-36)57-48-20-9-8-18-47(48)50-46-17-7-5-12-38(46)31-34-49(50)57/h1-34H. The zero-order valence-electron chi connectivity index (χ0n) is 30.9. The molecular formula is C53H34N4. The predicted molar refractivity (Wildman–Crippen MR) is 236 cm³/mol. The highest BCUT2D eigenvalue weighted by molar-refractivity contribution is 6.21. The molecule has 2 aromatic heterocycles. The minimum Gasteiger partial charge on any atom is -0.309 e. The largest absolute Gasteiger partial charge is 0.309 e. The first-order valence-corrected chi connectivity index (χ1v) is 19.3. The lowest BCUT2D eigenvalue weighted by Gasteiger charge is -2.11. The number of hydrogen-bond donors (Lipinski definition) is 0. The van der Waals surface area contributed by atoms with E-state index in [-0.39, 0.29) is 0 Å². The van der Waals surface area contributed by atoms with Crippen molar-refractivity contribution in [3.05, 3.63) is 206 Å². The Morgan fingerprint density at radius 3 is 1.42 bits per heavy atom. The van der Waals surface area contributed by atoms with Crippen molar-refractivity contribution < 1.29 is 0 Å². The maximum absolute atomic E-state index is 5.04. The zero-order chi connectivity index (χ0) is 37.7. The van der Waals surface area contributed by atoms with Crippen LogP contribution in [0.4, 0.5) is 0 Å². The van der Waals surface area contributed by atoms with Gasteiger partial charge in [0.1, 0.15) is 0 Å². The molecule has 4 heteroatoms. The van der Waals surface area contributed by atoms with Crippen molar-refractivity contribution in [2.75, 3.05) is 0 Å². The van der Waals surface area contributed by atoms with Crippen LogP contribution in [0.1, 0.15) is 0 Å². The molecule has 0 amide bonds. The molecule has 0 atom stereocenters. The third-order valence-electron chi connectivity index (χ3n) is 11.1. The average molecular weight is 727 g/mol. The molecular weight excluding hydrogens is 693 g/mol. The monoisotopic (exact) mass is 726 g/mol. The molecule has 4 nitrogen and oxygen atoms in total. The second-order valence-corrected chi connectivity index (χ2v) is 14.4. The van der Waals surface area contributed by atoms with Gasteiger partial charge in [-0.3, -0.25) is 0 Å². The van der Waals surface area contributed by atoms with Crippen LogP contribution in [-0.2, 0) is 0 Å². The van der Waals surface area contributed by atoms with Crippen molar-refractivity contribution in [1.29, 1.82) is 0 Å². The Hall–Kier alpha value is -7.69. The van der Waals surface area contributed by atoms with Crippen LogP contribution in [-0.4, -0.2) is 19.5 Å². The van der Waals surface area contributed by atoms with E-state index in [9.17, 15) is 0 Å². The van der Waals surface area contributed by atoms with Gasteiger partial charge in [0.2, 0.25) is 0 Å². The number of fused-ring (bicyclic) bond motifs is 6. The first-order valence-electron chi connectivity index (χ1n) is 19.3. The Labute approximate surface area is 330 Å². The number of rotatable bonds is 6. The molecule has 0 unspecified atom stereocenters. The summed E-state index contributed by atoms with van der Waals surface area (Å²) in [7, 11) is 0. The molecule has 0 radical (unpaired) electrons. The molecule has 11 aromatic rings. The lowest BCUT2D eigenvalue weighted by atomic mass is 9.97. The average Bonchev–Trinajstić information content (AvgIpc) is 3.64. The van der Waals surface area contributed by atoms with Gasteiger partial charge in [0.15, 0.2) is 17.5 Å². The summed E-state index contributed by atoms with van der Waals surface area (Å²) in [5.74, 6) is 1.92. The van der Waals surface area contributed by atoms with Crippen molar-refractivity contribution >= 4 is 43.4 Å². The summed E-state index contributed by atoms with van der Waals surface area (Å²) >= 11 is 0. The van der Waals surface area contributed by atoms with E-state index in [2.05, 4.69) is 180 Å². The maximum Gasteiger partial charge on any atom is 0.164 e. The highest BCUT2D eigenvalue weighted by atomic mass is 15.0. The number of nitrogens with zero attached hydrogens (tertiary/aromatic N) is 4. The molecule has 0 aliphatic carbocycles. The van der Waals surface area contributed by atoms with Crippen molar-refractivity contribution in [2.24, 2.45) is 0 Å². The summed E-state index contributed by atoms with van der Waals surface area (Å²) in [5.41, 5.74) is 11.0.